The van der Waals surface area contributed by atoms with Gasteiger partial charge in [0.1, 0.15) is 5.15 Å². The minimum Gasteiger partial charge on any atom is -0.481 e. The van der Waals surface area contributed by atoms with E-state index in [2.05, 4.69) is 94.9 Å². The quantitative estimate of drug-likeness (QED) is 0.0905. The van der Waals surface area contributed by atoms with Crippen LogP contribution in [0.3, 0.4) is 0 Å². The fourth-order valence-electron chi connectivity index (χ4n) is 3.20. The van der Waals surface area contributed by atoms with Crippen LogP contribution >= 0.6 is 67.5 Å². The summed E-state index contributed by atoms with van der Waals surface area (Å²) < 4.78 is 19.5. The van der Waals surface area contributed by atoms with Crippen LogP contribution in [0.2, 0.25) is 5.15 Å². The summed E-state index contributed by atoms with van der Waals surface area (Å²) in [4.78, 5) is 33.6. The number of nitrogens with one attached hydrogen (secondary N) is 4. The van der Waals surface area contributed by atoms with Gasteiger partial charge in [0, 0.05) is 70.5 Å². The second kappa shape index (κ2) is 23.3. The van der Waals surface area contributed by atoms with Crippen molar-refractivity contribution in [3.63, 3.8) is 0 Å². The third kappa shape index (κ3) is 19.6. The van der Waals surface area contributed by atoms with Crippen LogP contribution in [0.1, 0.15) is 14.9 Å². The van der Waals surface area contributed by atoms with Gasteiger partial charge in [-0.05, 0) is 39.8 Å². The second-order valence-corrected chi connectivity index (χ2v) is 15.9. The molecule has 0 atom stereocenters. The van der Waals surface area contributed by atoms with Crippen LogP contribution in [0, 0.1) is 0 Å². The van der Waals surface area contributed by atoms with Crippen LogP contribution in [-0.2, 0) is 25.7 Å². The number of hydrogen-bond acceptors (Lipinski definition) is 14. The zero-order valence-corrected chi connectivity index (χ0v) is 31.6. The molecule has 0 saturated carbocycles. The van der Waals surface area contributed by atoms with Crippen molar-refractivity contribution in [2.45, 2.75) is 14.9 Å². The Morgan fingerprint density at radius 2 is 1.16 bits per heavy atom. The van der Waals surface area contributed by atoms with Crippen LogP contribution in [0.4, 0.5) is 34.9 Å². The predicted molar refractivity (Wildman–Crippen MR) is 209 cm³/mol. The Bertz CT molecular complexity index is 1980. The molecule has 0 unspecified atom stereocenters. The lowest BCUT2D eigenvalue weighted by Gasteiger charge is -2.02. The number of hydrogen-bond donors (Lipinski definition) is 4. The molecule has 0 spiro atoms. The number of anilines is 6. The summed E-state index contributed by atoms with van der Waals surface area (Å²) in [6, 6.07) is 4.67. The molecule has 0 fully saturated rings. The van der Waals surface area contributed by atoms with Gasteiger partial charge in [-0.25, -0.2) is 19.9 Å². The maximum absolute atomic E-state index is 10.9. The fraction of sp³-hybridized carbons (Fsp3) is 0.222. The Morgan fingerprint density at radius 1 is 0.725 bits per heavy atom. The summed E-state index contributed by atoms with van der Waals surface area (Å²) in [7, 11) is 7.06. The van der Waals surface area contributed by atoms with Crippen molar-refractivity contribution in [1.82, 2.24) is 59.2 Å². The molecule has 51 heavy (non-hydrogen) atoms. The van der Waals surface area contributed by atoms with Crippen molar-refractivity contribution >= 4 is 102 Å². The Hall–Kier alpha value is -4.26. The molecule has 0 bridgehead atoms. The number of aryl methyl sites for hydroxylation is 3. The van der Waals surface area contributed by atoms with Gasteiger partial charge in [-0.15, -0.1) is 17.0 Å². The number of aromatic nitrogens is 12. The van der Waals surface area contributed by atoms with Crippen molar-refractivity contribution in [3.05, 3.63) is 89.5 Å². The van der Waals surface area contributed by atoms with Gasteiger partial charge in [0.05, 0.1) is 42.8 Å². The first-order valence-electron chi connectivity index (χ1n) is 13.1. The number of methoxy groups -OCH3 is 1. The molecule has 6 aromatic heterocycles. The molecule has 0 aliphatic rings. The fourth-order valence-corrected chi connectivity index (χ4v) is 3.34. The molecular formula is C27H37BrCl4N15O3P. The largest absolute Gasteiger partial charge is 0.481 e. The van der Waals surface area contributed by atoms with Gasteiger partial charge in [-0.3, -0.25) is 28.4 Å². The standard InChI is InChI=1S/C9H11N5O.C8H8ClN5.C8H9N5O.2CH4.BrH.Cl3OP/c1-14-6-7(5-11-14)12-9-10-4-3-8(13-9)15-2;1-14-5-6(4-11-14)12-8-10-3-2-7(9)13-8;1-13-5-6(4-10-13)11-8-9-3-2-7(14)12-8;;;;1-5(2,3)4/h3-6H,1-2H3,(H,10,12,13);2-5H,1H3,(H,10,12,13);2-5H,1H3,(H2,9,11,12,14);2*1H4;1H;. The Morgan fingerprint density at radius 3 is 1.57 bits per heavy atom. The van der Waals surface area contributed by atoms with Crippen LogP contribution in [-0.4, -0.2) is 66.4 Å². The van der Waals surface area contributed by atoms with E-state index in [1.807, 2.05) is 33.5 Å². The molecule has 6 rings (SSSR count). The van der Waals surface area contributed by atoms with Crippen LogP contribution in [0.5, 0.6) is 5.88 Å². The molecule has 0 radical (unpaired) electrons. The molecule has 18 nitrogen and oxygen atoms in total. The summed E-state index contributed by atoms with van der Waals surface area (Å²) >= 11 is 19.6. The van der Waals surface area contributed by atoms with Crippen molar-refractivity contribution in [1.29, 1.82) is 0 Å². The molecule has 0 aromatic carbocycles. The smallest absolute Gasteiger partial charge is 0.339 e. The van der Waals surface area contributed by atoms with E-state index in [4.69, 9.17) is 16.3 Å². The van der Waals surface area contributed by atoms with E-state index in [1.165, 1.54) is 12.3 Å². The zero-order valence-electron chi connectivity index (χ0n) is 25.9. The van der Waals surface area contributed by atoms with Crippen molar-refractivity contribution in [2.24, 2.45) is 21.1 Å². The van der Waals surface area contributed by atoms with Crippen LogP contribution in [0.25, 0.3) is 0 Å². The first kappa shape index (κ1) is 46.7. The van der Waals surface area contributed by atoms with Crippen molar-refractivity contribution < 1.29 is 9.30 Å². The Labute approximate surface area is 323 Å². The number of rotatable bonds is 7. The second-order valence-electron chi connectivity index (χ2n) is 8.89. The predicted octanol–water partition coefficient (Wildman–Crippen LogP) is 7.48. The number of ether oxygens (including phenoxy) is 1. The lowest BCUT2D eigenvalue weighted by Crippen LogP contribution is -2.07. The van der Waals surface area contributed by atoms with E-state index in [0.717, 1.165) is 17.1 Å². The molecule has 0 aliphatic heterocycles. The molecule has 0 aliphatic carbocycles. The minimum absolute atomic E-state index is 0. The third-order valence-corrected chi connectivity index (χ3v) is 5.23. The molecular weight excluding hydrogens is 835 g/mol. The topological polar surface area (TPSA) is 213 Å². The Balaban J connectivity index is 0.000000671. The average Bonchev–Trinajstić information content (AvgIpc) is 3.74. The minimum atomic E-state index is -3.22. The van der Waals surface area contributed by atoms with Crippen molar-refractivity contribution in [3.8, 4) is 5.88 Å². The maximum atomic E-state index is 10.9. The average molecular weight is 872 g/mol. The van der Waals surface area contributed by atoms with Gasteiger partial charge < -0.3 is 20.7 Å². The summed E-state index contributed by atoms with van der Waals surface area (Å²) in [6.45, 7) is 0. The van der Waals surface area contributed by atoms with E-state index in [0.29, 0.717) is 28.9 Å². The third-order valence-electron chi connectivity index (χ3n) is 5.02. The maximum Gasteiger partial charge on any atom is 0.339 e. The molecule has 4 N–H and O–H groups in total. The Kier molecular flexibility index (Phi) is 21.3. The van der Waals surface area contributed by atoms with E-state index >= 15 is 0 Å². The highest BCUT2D eigenvalue weighted by Crippen LogP contribution is 2.61. The number of H-pyrrole nitrogens is 1. The van der Waals surface area contributed by atoms with Crippen LogP contribution in [0.15, 0.2) is 78.8 Å². The van der Waals surface area contributed by atoms with Gasteiger partial charge in [-0.2, -0.15) is 20.3 Å². The summed E-state index contributed by atoms with van der Waals surface area (Å²) in [5, 5.41) is 18.1. The summed E-state index contributed by atoms with van der Waals surface area (Å²) in [5.41, 5.74) is 2.26. The SMILES string of the molecule is Br.C.C.COc1ccnc(Nc2cnn(C)c2)n1.Cn1cc(Nc2nccc(=O)[nH]2)cn1.Cn1cc(Nc2nccc(Cl)n2)cn1.O=P(Cl)(Cl)Cl. The highest BCUT2D eigenvalue weighted by atomic mass is 79.9. The summed E-state index contributed by atoms with van der Waals surface area (Å²) in [5.74, 6) is 1.88. The van der Waals surface area contributed by atoms with Crippen molar-refractivity contribution in [2.75, 3.05) is 23.1 Å². The number of halogens is 5. The molecule has 278 valence electrons. The zero-order chi connectivity index (χ0) is 35.1. The molecule has 0 saturated heterocycles. The first-order chi connectivity index (χ1) is 22.7. The summed E-state index contributed by atoms with van der Waals surface area (Å²) in [6.07, 6.45) is 15.1. The van der Waals surface area contributed by atoms with E-state index in [-0.39, 0.29) is 37.4 Å². The lowest BCUT2D eigenvalue weighted by molar-refractivity contribution is 0.397. The molecule has 24 heteroatoms. The van der Waals surface area contributed by atoms with Gasteiger partial charge in [0.15, 0.2) is 0 Å². The molecule has 6 aromatic rings. The number of aromatic amines is 1. The van der Waals surface area contributed by atoms with E-state index in [1.54, 1.807) is 70.5 Å². The van der Waals surface area contributed by atoms with E-state index in [9.17, 15) is 9.36 Å². The first-order valence-corrected chi connectivity index (χ1v) is 17.9. The van der Waals surface area contributed by atoms with Crippen LogP contribution < -0.4 is 26.2 Å². The van der Waals surface area contributed by atoms with Gasteiger partial charge in [0.2, 0.25) is 23.7 Å². The lowest BCUT2D eigenvalue weighted by atomic mass is 10.5. The molecule has 6 heterocycles. The monoisotopic (exact) mass is 869 g/mol. The normalized spacial score (nSPS) is 9.65. The highest BCUT2D eigenvalue weighted by molar-refractivity contribution is 8.93. The van der Waals surface area contributed by atoms with Gasteiger partial charge in [0.25, 0.3) is 5.56 Å². The van der Waals surface area contributed by atoms with Gasteiger partial charge >= 0.3 is 5.20 Å². The number of nitrogens with zero attached hydrogens (tertiary/aromatic N) is 11. The van der Waals surface area contributed by atoms with E-state index < -0.39 is 5.20 Å². The highest BCUT2D eigenvalue weighted by Gasteiger charge is 2.03. The van der Waals surface area contributed by atoms with Gasteiger partial charge in [-0.1, -0.05) is 26.5 Å². The molecule has 0 amide bonds.